The Hall–Kier alpha value is -0.390. The topological polar surface area (TPSA) is 54.4 Å². The Morgan fingerprint density at radius 3 is 1.61 bits per heavy atom. The molecule has 2 aromatic rings. The Kier molecular flexibility index (Phi) is 16.7. The third-order valence-electron chi connectivity index (χ3n) is 5.73. The molecule has 0 bridgehead atoms. The Labute approximate surface area is 208 Å². The summed E-state index contributed by atoms with van der Waals surface area (Å²) in [5.41, 5.74) is 0. The van der Waals surface area contributed by atoms with E-state index in [1.54, 1.807) is 30.3 Å². The van der Waals surface area contributed by atoms with Crippen LogP contribution in [0, 0.1) is 0 Å². The molecule has 0 saturated carbocycles. The number of hydrogen-bond acceptors (Lipinski definition) is 2. The van der Waals surface area contributed by atoms with Gasteiger partial charge in [-0.05, 0) is 11.5 Å². The van der Waals surface area contributed by atoms with E-state index in [0.29, 0.717) is 5.39 Å². The molecular weight excluding hydrogens is 415 g/mol. The SMILES string of the molecule is CCCCCCCCCCCCCCC[CH2][Na].O=S(=O)(O)c1cccc2ccccc12. The average Bonchev–Trinajstić information content (AvgIpc) is 2.76. The summed E-state index contributed by atoms with van der Waals surface area (Å²) in [6, 6.07) is 11.8. The van der Waals surface area contributed by atoms with Crippen LogP contribution in [-0.4, -0.2) is 40.9 Å². The summed E-state index contributed by atoms with van der Waals surface area (Å²) in [6.45, 7) is 2.29. The molecule has 0 aliphatic carbocycles. The van der Waals surface area contributed by atoms with Crippen LogP contribution in [-0.2, 0) is 10.1 Å². The fraction of sp³-hybridized carbons (Fsp3) is 0.615. The molecule has 2 aromatic carbocycles. The zero-order valence-electron chi connectivity index (χ0n) is 19.8. The van der Waals surface area contributed by atoms with Crippen molar-refractivity contribution < 1.29 is 13.0 Å². The fourth-order valence-electron chi connectivity index (χ4n) is 3.87. The predicted molar refractivity (Wildman–Crippen MR) is 135 cm³/mol. The van der Waals surface area contributed by atoms with E-state index in [2.05, 4.69) is 6.92 Å². The first-order valence-corrected chi connectivity index (χ1v) is 15.3. The molecule has 0 unspecified atom stereocenters. The molecule has 0 heterocycles. The molecule has 0 spiro atoms. The first-order valence-electron chi connectivity index (χ1n) is 12.5. The Balaban J connectivity index is 0.000000314. The molecule has 1 N–H and O–H groups in total. The van der Waals surface area contributed by atoms with Gasteiger partial charge in [-0.25, -0.2) is 0 Å². The van der Waals surface area contributed by atoms with Crippen LogP contribution in [0.2, 0.25) is 3.67 Å². The van der Waals surface area contributed by atoms with Gasteiger partial charge < -0.3 is 0 Å². The molecule has 0 saturated heterocycles. The molecule has 170 valence electrons. The van der Waals surface area contributed by atoms with Crippen LogP contribution in [0.15, 0.2) is 47.4 Å². The maximum absolute atomic E-state index is 11.0. The molecule has 0 aromatic heterocycles. The van der Waals surface area contributed by atoms with Crippen LogP contribution >= 0.6 is 0 Å². The van der Waals surface area contributed by atoms with Gasteiger partial charge in [-0.2, -0.15) is 8.42 Å². The molecule has 31 heavy (non-hydrogen) atoms. The third kappa shape index (κ3) is 13.7. The smallest absolute Gasteiger partial charge is 0.282 e. The summed E-state index contributed by atoms with van der Waals surface area (Å²) in [5.74, 6) is 0. The molecule has 0 amide bonds. The number of rotatable bonds is 15. The van der Waals surface area contributed by atoms with E-state index >= 15 is 0 Å². The van der Waals surface area contributed by atoms with Crippen molar-refractivity contribution in [1.82, 2.24) is 0 Å². The maximum Gasteiger partial charge on any atom is 0.295 e. The summed E-state index contributed by atoms with van der Waals surface area (Å²) in [6.07, 6.45) is 20.7. The van der Waals surface area contributed by atoms with Crippen molar-refractivity contribution in [3.63, 3.8) is 0 Å². The van der Waals surface area contributed by atoms with Gasteiger partial charge in [-0.3, -0.25) is 4.55 Å². The number of hydrogen-bond donors (Lipinski definition) is 1. The Morgan fingerprint density at radius 2 is 1.13 bits per heavy atom. The quantitative estimate of drug-likeness (QED) is 0.167. The Bertz CT molecular complexity index is 786. The van der Waals surface area contributed by atoms with E-state index in [4.69, 9.17) is 4.55 Å². The van der Waals surface area contributed by atoms with E-state index in [1.165, 1.54) is 128 Å². The van der Waals surface area contributed by atoms with E-state index in [1.807, 2.05) is 6.07 Å². The summed E-state index contributed by atoms with van der Waals surface area (Å²) < 4.78 is 32.5. The summed E-state index contributed by atoms with van der Waals surface area (Å²) in [7, 11) is -4.13. The van der Waals surface area contributed by atoms with Crippen LogP contribution < -0.4 is 0 Å². The standard InChI is InChI=1S/C16H33.C10H8O3S.Na/c1-3-5-7-9-11-13-15-16-14-12-10-8-6-4-2;11-14(12,13)10-7-3-5-8-4-1-2-6-9(8)10;/h1,3-16H2,2H3;1-7H,(H,11,12,13);. The molecule has 3 nitrogen and oxygen atoms in total. The van der Waals surface area contributed by atoms with Crippen molar-refractivity contribution in [2.75, 3.05) is 0 Å². The molecule has 5 heteroatoms. The van der Waals surface area contributed by atoms with Crippen molar-refractivity contribution in [2.24, 2.45) is 0 Å². The summed E-state index contributed by atoms with van der Waals surface area (Å²) >= 11 is 1.41. The van der Waals surface area contributed by atoms with Crippen LogP contribution in [0.1, 0.15) is 96.8 Å². The molecular formula is C26H41NaO3S. The molecule has 0 aliphatic heterocycles. The van der Waals surface area contributed by atoms with Gasteiger partial charge in [0.15, 0.2) is 0 Å². The van der Waals surface area contributed by atoms with Gasteiger partial charge in [0.1, 0.15) is 4.90 Å². The van der Waals surface area contributed by atoms with Crippen molar-refractivity contribution >= 4 is 48.8 Å². The van der Waals surface area contributed by atoms with Crippen LogP contribution in [0.3, 0.4) is 0 Å². The van der Waals surface area contributed by atoms with Gasteiger partial charge in [-0.15, -0.1) is 0 Å². The number of fused-ring (bicyclic) bond motifs is 1. The normalized spacial score (nSPS) is 11.4. The minimum Gasteiger partial charge on any atom is -0.282 e. The van der Waals surface area contributed by atoms with Crippen molar-refractivity contribution in [3.8, 4) is 0 Å². The number of benzene rings is 2. The van der Waals surface area contributed by atoms with Crippen molar-refractivity contribution in [1.29, 1.82) is 0 Å². The predicted octanol–water partition coefficient (Wildman–Crippen LogP) is 8.14. The molecule has 0 atom stereocenters. The van der Waals surface area contributed by atoms with Gasteiger partial charge in [0.25, 0.3) is 10.1 Å². The van der Waals surface area contributed by atoms with Crippen molar-refractivity contribution in [2.45, 2.75) is 105 Å². The molecule has 0 radical (unpaired) electrons. The van der Waals surface area contributed by atoms with Gasteiger partial charge >= 0.3 is 102 Å². The van der Waals surface area contributed by atoms with Crippen LogP contribution in [0.5, 0.6) is 0 Å². The van der Waals surface area contributed by atoms with E-state index in [9.17, 15) is 8.42 Å². The second kappa shape index (κ2) is 18.1. The van der Waals surface area contributed by atoms with Gasteiger partial charge in [0.05, 0.1) is 0 Å². The van der Waals surface area contributed by atoms with E-state index in [-0.39, 0.29) is 4.90 Å². The van der Waals surface area contributed by atoms with Gasteiger partial charge in [-0.1, -0.05) is 62.6 Å². The first-order chi connectivity index (χ1) is 15.0. The van der Waals surface area contributed by atoms with E-state index < -0.39 is 10.1 Å². The van der Waals surface area contributed by atoms with Crippen LogP contribution in [0.25, 0.3) is 10.8 Å². The summed E-state index contributed by atoms with van der Waals surface area (Å²) in [4.78, 5) is -0.0457. The second-order valence-corrected chi connectivity index (χ2v) is 10.9. The van der Waals surface area contributed by atoms with Gasteiger partial charge in [0.2, 0.25) is 0 Å². The molecule has 0 aliphatic rings. The zero-order valence-corrected chi connectivity index (χ0v) is 22.6. The molecule has 2 rings (SSSR count). The third-order valence-corrected chi connectivity index (χ3v) is 7.35. The zero-order chi connectivity index (χ0) is 22.8. The van der Waals surface area contributed by atoms with Crippen molar-refractivity contribution in [3.05, 3.63) is 42.5 Å². The summed E-state index contributed by atoms with van der Waals surface area (Å²) in [5, 5.41) is 1.33. The Morgan fingerprint density at radius 1 is 0.677 bits per heavy atom. The average molecular weight is 457 g/mol. The molecule has 0 fully saturated rings. The maximum atomic E-state index is 11.0. The monoisotopic (exact) mass is 456 g/mol. The second-order valence-electron chi connectivity index (χ2n) is 8.55. The largest absolute Gasteiger partial charge is 0.295 e. The minimum atomic E-state index is -4.13. The van der Waals surface area contributed by atoms with Gasteiger partial charge in [0, 0.05) is 5.39 Å². The van der Waals surface area contributed by atoms with E-state index in [0.717, 1.165) is 5.39 Å². The fourth-order valence-corrected chi connectivity index (χ4v) is 5.08. The number of unbranched alkanes of at least 4 members (excludes halogenated alkanes) is 13. The van der Waals surface area contributed by atoms with Crippen LogP contribution in [0.4, 0.5) is 0 Å². The minimum absolute atomic E-state index is 0.0457. The first kappa shape index (κ1) is 28.6.